The first kappa shape index (κ1) is 10.5. The predicted molar refractivity (Wildman–Crippen MR) is 49.9 cm³/mol. The van der Waals surface area contributed by atoms with Gasteiger partial charge in [-0.05, 0) is 14.0 Å². The third kappa shape index (κ3) is 2.20. The molecule has 14 heavy (non-hydrogen) atoms. The van der Waals surface area contributed by atoms with Crippen LogP contribution in [0.2, 0.25) is 0 Å². The molecule has 1 heterocycles. The van der Waals surface area contributed by atoms with Gasteiger partial charge < -0.3 is 5.32 Å². The fraction of sp³-hybridized carbons (Fsp3) is 0.333. The second-order valence-electron chi connectivity index (χ2n) is 2.79. The van der Waals surface area contributed by atoms with Crippen LogP contribution in [0, 0.1) is 0 Å². The maximum atomic E-state index is 11.5. The first-order valence-corrected chi connectivity index (χ1v) is 4.18. The van der Waals surface area contributed by atoms with Gasteiger partial charge in [0.2, 0.25) is 11.6 Å². The van der Waals surface area contributed by atoms with Crippen LogP contribution in [0.15, 0.2) is 18.6 Å². The Hall–Kier alpha value is -1.62. The van der Waals surface area contributed by atoms with Crippen molar-refractivity contribution in [2.45, 2.75) is 13.0 Å². The Morgan fingerprint density at radius 2 is 2.14 bits per heavy atom. The van der Waals surface area contributed by atoms with Crippen molar-refractivity contribution in [2.24, 2.45) is 0 Å². The summed E-state index contributed by atoms with van der Waals surface area (Å²) >= 11 is 0. The molecule has 5 nitrogen and oxygen atoms in total. The van der Waals surface area contributed by atoms with E-state index in [1.807, 2.05) is 0 Å². The molecule has 0 aliphatic carbocycles. The number of ketones is 2. The molecule has 0 aliphatic rings. The van der Waals surface area contributed by atoms with Gasteiger partial charge in [0.15, 0.2) is 0 Å². The minimum atomic E-state index is -0.611. The summed E-state index contributed by atoms with van der Waals surface area (Å²) in [6.45, 7) is 1.62. The van der Waals surface area contributed by atoms with Gasteiger partial charge in [-0.25, -0.2) is 4.98 Å². The molecule has 0 bridgehead atoms. The number of carbonyl (C=O) groups is 2. The first-order chi connectivity index (χ1) is 6.66. The van der Waals surface area contributed by atoms with E-state index in [1.54, 1.807) is 14.0 Å². The van der Waals surface area contributed by atoms with Crippen molar-refractivity contribution in [3.05, 3.63) is 24.3 Å². The first-order valence-electron chi connectivity index (χ1n) is 4.18. The summed E-state index contributed by atoms with van der Waals surface area (Å²) in [6, 6.07) is -0.496. The summed E-state index contributed by atoms with van der Waals surface area (Å²) < 4.78 is 0. The number of rotatable bonds is 4. The monoisotopic (exact) mass is 193 g/mol. The van der Waals surface area contributed by atoms with Crippen LogP contribution in [0.25, 0.3) is 0 Å². The summed E-state index contributed by atoms with van der Waals surface area (Å²) in [5.41, 5.74) is 0.0830. The number of carbonyl (C=O) groups excluding carboxylic acids is 2. The molecule has 0 saturated heterocycles. The summed E-state index contributed by atoms with van der Waals surface area (Å²) in [5.74, 6) is -1.12. The Labute approximate surface area is 81.6 Å². The minimum absolute atomic E-state index is 0.0830. The van der Waals surface area contributed by atoms with E-state index in [-0.39, 0.29) is 5.69 Å². The maximum absolute atomic E-state index is 11.5. The van der Waals surface area contributed by atoms with Crippen molar-refractivity contribution in [1.29, 1.82) is 0 Å². The van der Waals surface area contributed by atoms with Crippen molar-refractivity contribution < 1.29 is 9.59 Å². The Morgan fingerprint density at radius 1 is 1.43 bits per heavy atom. The number of hydrogen-bond donors (Lipinski definition) is 1. The van der Waals surface area contributed by atoms with Gasteiger partial charge in [-0.1, -0.05) is 0 Å². The maximum Gasteiger partial charge on any atom is 0.250 e. The molecule has 0 aromatic carbocycles. The molecule has 1 N–H and O–H groups in total. The molecular weight excluding hydrogens is 182 g/mol. The van der Waals surface area contributed by atoms with Crippen LogP contribution in [0.3, 0.4) is 0 Å². The van der Waals surface area contributed by atoms with Gasteiger partial charge in [-0.2, -0.15) is 0 Å². The second kappa shape index (κ2) is 4.57. The highest BCUT2D eigenvalue weighted by atomic mass is 16.2. The van der Waals surface area contributed by atoms with E-state index in [4.69, 9.17) is 0 Å². The molecule has 0 amide bonds. The van der Waals surface area contributed by atoms with Gasteiger partial charge in [-0.3, -0.25) is 14.6 Å². The molecule has 0 saturated carbocycles. The third-order valence-electron chi connectivity index (χ3n) is 1.85. The molecular formula is C9H11N3O2. The SMILES string of the molecule is CNC(C)C(=O)C(=O)c1cnccn1. The Balaban J connectivity index is 2.82. The lowest BCUT2D eigenvalue weighted by Gasteiger charge is -2.06. The highest BCUT2D eigenvalue weighted by molar-refractivity contribution is 6.44. The van der Waals surface area contributed by atoms with Crippen LogP contribution in [0.5, 0.6) is 0 Å². The average molecular weight is 193 g/mol. The smallest absolute Gasteiger partial charge is 0.250 e. The molecule has 0 spiro atoms. The number of nitrogens with one attached hydrogen (secondary N) is 1. The Kier molecular flexibility index (Phi) is 3.41. The van der Waals surface area contributed by atoms with E-state index in [1.165, 1.54) is 18.6 Å². The van der Waals surface area contributed by atoms with E-state index in [0.717, 1.165) is 0 Å². The molecule has 1 unspecified atom stereocenters. The number of aromatic nitrogens is 2. The van der Waals surface area contributed by atoms with Gasteiger partial charge in [0, 0.05) is 12.4 Å². The van der Waals surface area contributed by atoms with Gasteiger partial charge in [-0.15, -0.1) is 0 Å². The summed E-state index contributed by atoms with van der Waals surface area (Å²) in [7, 11) is 1.62. The lowest BCUT2D eigenvalue weighted by molar-refractivity contribution is -0.116. The molecule has 1 aromatic rings. The highest BCUT2D eigenvalue weighted by Crippen LogP contribution is 1.96. The minimum Gasteiger partial charge on any atom is -0.310 e. The molecule has 74 valence electrons. The summed E-state index contributed by atoms with van der Waals surface area (Å²) in [5, 5.41) is 2.70. The van der Waals surface area contributed by atoms with E-state index in [2.05, 4.69) is 15.3 Å². The van der Waals surface area contributed by atoms with Crippen LogP contribution in [0.4, 0.5) is 0 Å². The van der Waals surface area contributed by atoms with Crippen LogP contribution in [0.1, 0.15) is 17.4 Å². The lowest BCUT2D eigenvalue weighted by atomic mass is 10.1. The molecule has 1 atom stereocenters. The summed E-state index contributed by atoms with van der Waals surface area (Å²) in [4.78, 5) is 30.3. The molecule has 1 aromatic heterocycles. The zero-order valence-electron chi connectivity index (χ0n) is 8.02. The molecule has 1 rings (SSSR count). The quantitative estimate of drug-likeness (QED) is 0.531. The van der Waals surface area contributed by atoms with Crippen molar-refractivity contribution in [3.8, 4) is 0 Å². The van der Waals surface area contributed by atoms with Crippen LogP contribution in [-0.4, -0.2) is 34.6 Å². The van der Waals surface area contributed by atoms with E-state index < -0.39 is 17.6 Å². The zero-order chi connectivity index (χ0) is 10.6. The fourth-order valence-corrected chi connectivity index (χ4v) is 0.870. The summed E-state index contributed by atoms with van der Waals surface area (Å²) in [6.07, 6.45) is 4.11. The van der Waals surface area contributed by atoms with E-state index in [0.29, 0.717) is 0 Å². The number of nitrogens with zero attached hydrogens (tertiary/aromatic N) is 2. The zero-order valence-corrected chi connectivity index (χ0v) is 8.02. The topological polar surface area (TPSA) is 72.0 Å². The van der Waals surface area contributed by atoms with E-state index in [9.17, 15) is 9.59 Å². The van der Waals surface area contributed by atoms with Gasteiger partial charge in [0.1, 0.15) is 5.69 Å². The fourth-order valence-electron chi connectivity index (χ4n) is 0.870. The van der Waals surface area contributed by atoms with E-state index >= 15 is 0 Å². The largest absolute Gasteiger partial charge is 0.310 e. The third-order valence-corrected chi connectivity index (χ3v) is 1.85. The average Bonchev–Trinajstić information content (AvgIpc) is 2.27. The Morgan fingerprint density at radius 3 is 2.64 bits per heavy atom. The van der Waals surface area contributed by atoms with Crippen molar-refractivity contribution in [1.82, 2.24) is 15.3 Å². The second-order valence-corrected chi connectivity index (χ2v) is 2.79. The molecule has 0 radical (unpaired) electrons. The molecule has 0 fully saturated rings. The van der Waals surface area contributed by atoms with Crippen molar-refractivity contribution >= 4 is 11.6 Å². The number of Topliss-reactive ketones (excluding diaryl/α,β-unsaturated/α-hetero) is 2. The van der Waals surface area contributed by atoms with Crippen LogP contribution >= 0.6 is 0 Å². The van der Waals surface area contributed by atoms with Crippen LogP contribution < -0.4 is 5.32 Å². The molecule has 0 aliphatic heterocycles. The van der Waals surface area contributed by atoms with Gasteiger partial charge in [0.25, 0.3) is 0 Å². The number of hydrogen-bond acceptors (Lipinski definition) is 5. The normalized spacial score (nSPS) is 12.1. The van der Waals surface area contributed by atoms with Crippen molar-refractivity contribution in [2.75, 3.05) is 7.05 Å². The van der Waals surface area contributed by atoms with Crippen LogP contribution in [-0.2, 0) is 4.79 Å². The van der Waals surface area contributed by atoms with Gasteiger partial charge in [0.05, 0.1) is 12.2 Å². The van der Waals surface area contributed by atoms with Crippen molar-refractivity contribution in [3.63, 3.8) is 0 Å². The Bertz CT molecular complexity index is 337. The number of likely N-dealkylation sites (N-methyl/N-ethyl adjacent to an activating group) is 1. The van der Waals surface area contributed by atoms with Gasteiger partial charge >= 0.3 is 0 Å². The standard InChI is InChI=1S/C9H11N3O2/c1-6(10-2)8(13)9(14)7-5-11-3-4-12-7/h3-6,10H,1-2H3. The lowest BCUT2D eigenvalue weighted by Crippen LogP contribution is -2.36. The highest BCUT2D eigenvalue weighted by Gasteiger charge is 2.22. The molecule has 5 heteroatoms. The predicted octanol–water partition coefficient (Wildman–Crippen LogP) is -0.164.